The lowest BCUT2D eigenvalue weighted by molar-refractivity contribution is 0.0907. The Morgan fingerprint density at radius 2 is 1.21 bits per heavy atom. The van der Waals surface area contributed by atoms with Crippen LogP contribution in [0.5, 0.6) is 0 Å². The van der Waals surface area contributed by atoms with Crippen molar-refractivity contribution in [2.24, 2.45) is 31.3 Å². The maximum atomic E-state index is 13.2. The third-order valence-electron chi connectivity index (χ3n) is 12.1. The Morgan fingerprint density at radius 3 is 1.77 bits per heavy atom. The standard InChI is InChI=1S/C50H57N11O5S4/c1-9-60(10-2)32-18-20-35(56-58-41-22-31-25-49(5,6)27-39(62)42(31)68-41)37(23-32)51-46-53-47(55-48(54-46)67-29-30-16-14-13-15-17-30)52-38-24-33(61(11-3)12-4)19-21-36(38)57-59-45-44(70(64,65)66)34-26-50(7,8)28-40(63)43(34)69-45/h13-24H,9-12,25-29H2,1-8H3,(H,64,65,66)(H2,51,52,53,54,55). The van der Waals surface area contributed by atoms with Gasteiger partial charge in [-0.1, -0.05) is 69.8 Å². The van der Waals surface area contributed by atoms with Crippen molar-refractivity contribution < 1.29 is 22.6 Å². The Balaban J connectivity index is 1.20. The van der Waals surface area contributed by atoms with Crippen molar-refractivity contribution in [3.63, 3.8) is 0 Å². The first-order valence-electron chi connectivity index (χ1n) is 23.3. The van der Waals surface area contributed by atoms with Crippen LogP contribution in [0, 0.1) is 10.8 Å². The minimum Gasteiger partial charge on any atom is -0.372 e. The average Bonchev–Trinajstić information content (AvgIpc) is 3.89. The first-order valence-corrected chi connectivity index (χ1v) is 27.3. The maximum absolute atomic E-state index is 13.2. The van der Waals surface area contributed by atoms with E-state index < -0.39 is 20.4 Å². The zero-order valence-electron chi connectivity index (χ0n) is 40.5. The fourth-order valence-electron chi connectivity index (χ4n) is 8.83. The minimum absolute atomic E-state index is 0.0837. The van der Waals surface area contributed by atoms with E-state index in [0.717, 1.165) is 71.3 Å². The summed E-state index contributed by atoms with van der Waals surface area (Å²) in [6, 6.07) is 23.4. The van der Waals surface area contributed by atoms with Crippen LogP contribution in [0.15, 0.2) is 103 Å². The molecule has 0 aliphatic heterocycles. The number of benzene rings is 3. The number of hydrogen-bond donors (Lipinski definition) is 3. The Morgan fingerprint density at radius 1 is 0.671 bits per heavy atom. The van der Waals surface area contributed by atoms with Crippen molar-refractivity contribution in [1.29, 1.82) is 0 Å². The summed E-state index contributed by atoms with van der Waals surface area (Å²) in [5, 5.41) is 26.1. The lowest BCUT2D eigenvalue weighted by Gasteiger charge is -2.28. The van der Waals surface area contributed by atoms with E-state index in [0.29, 0.717) is 45.1 Å². The van der Waals surface area contributed by atoms with Gasteiger partial charge in [0.25, 0.3) is 10.1 Å². The third-order valence-corrected chi connectivity index (χ3v) is 16.4. The second kappa shape index (κ2) is 20.8. The van der Waals surface area contributed by atoms with Crippen molar-refractivity contribution in [3.05, 3.63) is 99.2 Å². The number of ketones is 2. The van der Waals surface area contributed by atoms with Gasteiger partial charge in [0.05, 0.1) is 21.1 Å². The number of carbonyl (C=O) groups is 2. The SMILES string of the molecule is CCN(CC)c1ccc(N=Nc2cc3c(s2)C(=O)CC(C)(C)C3)c(Nc2nc(Nc3cc(N(CC)CC)ccc3N=Nc3sc4c(c3S(=O)(=O)O)CC(C)(C)CC4=O)nc(SCc3ccccc3)n2)c1. The van der Waals surface area contributed by atoms with E-state index in [4.69, 9.17) is 20.1 Å². The Kier molecular flexibility index (Phi) is 15.0. The molecule has 8 rings (SSSR count). The molecule has 0 amide bonds. The average molecular weight is 1020 g/mol. The molecular formula is C50H57N11O5S4. The van der Waals surface area contributed by atoms with Crippen molar-refractivity contribution >= 4 is 112 Å². The van der Waals surface area contributed by atoms with Crippen molar-refractivity contribution in [2.45, 2.75) is 96.9 Å². The molecule has 70 heavy (non-hydrogen) atoms. The van der Waals surface area contributed by atoms with Crippen molar-refractivity contribution in [2.75, 3.05) is 46.6 Å². The summed E-state index contributed by atoms with van der Waals surface area (Å²) in [5.74, 6) is 0.902. The predicted molar refractivity (Wildman–Crippen MR) is 282 cm³/mol. The monoisotopic (exact) mass is 1020 g/mol. The summed E-state index contributed by atoms with van der Waals surface area (Å²) in [6.45, 7) is 19.3. The van der Waals surface area contributed by atoms with E-state index in [9.17, 15) is 22.6 Å². The zero-order valence-corrected chi connectivity index (χ0v) is 43.8. The molecule has 16 nitrogen and oxygen atoms in total. The lowest BCUT2D eigenvalue weighted by atomic mass is 9.76. The number of rotatable bonds is 18. The van der Waals surface area contributed by atoms with Crippen LogP contribution in [-0.4, -0.2) is 65.7 Å². The molecule has 0 bridgehead atoms. The molecule has 6 aromatic rings. The minimum atomic E-state index is -4.77. The summed E-state index contributed by atoms with van der Waals surface area (Å²) in [4.78, 5) is 45.9. The quantitative estimate of drug-likeness (QED) is 0.0416. The Hall–Kier alpha value is -5.93. The van der Waals surface area contributed by atoms with Gasteiger partial charge in [-0.2, -0.15) is 23.4 Å². The zero-order chi connectivity index (χ0) is 50.0. The van der Waals surface area contributed by atoms with Gasteiger partial charge in [-0.3, -0.25) is 14.1 Å². The van der Waals surface area contributed by atoms with Gasteiger partial charge in [0.15, 0.2) is 21.7 Å². The lowest BCUT2D eigenvalue weighted by Crippen LogP contribution is -2.26. The summed E-state index contributed by atoms with van der Waals surface area (Å²) >= 11 is 3.71. The number of thioether (sulfide) groups is 1. The second-order valence-corrected chi connectivity index (χ2v) is 23.1. The van der Waals surface area contributed by atoms with Gasteiger partial charge in [0.1, 0.15) is 21.3 Å². The van der Waals surface area contributed by atoms with Crippen LogP contribution in [0.1, 0.15) is 104 Å². The molecule has 0 unspecified atom stereocenters. The number of nitrogens with zero attached hydrogens (tertiary/aromatic N) is 9. The Bertz CT molecular complexity index is 3110. The highest BCUT2D eigenvalue weighted by Crippen LogP contribution is 2.48. The van der Waals surface area contributed by atoms with Gasteiger partial charge in [0.2, 0.25) is 11.9 Å². The molecule has 0 radical (unpaired) electrons. The van der Waals surface area contributed by atoms with Crippen LogP contribution in [0.2, 0.25) is 0 Å². The van der Waals surface area contributed by atoms with E-state index in [1.54, 1.807) is 6.07 Å². The number of aromatic nitrogens is 3. The highest BCUT2D eigenvalue weighted by atomic mass is 32.2. The first kappa shape index (κ1) is 50.5. The van der Waals surface area contributed by atoms with Crippen molar-refractivity contribution in [1.82, 2.24) is 15.0 Å². The second-order valence-electron chi connectivity index (χ2n) is 18.8. The summed E-state index contributed by atoms with van der Waals surface area (Å²) in [7, 11) is -4.77. The molecule has 3 aromatic heterocycles. The van der Waals surface area contributed by atoms with Gasteiger partial charge in [0, 0.05) is 56.1 Å². The van der Waals surface area contributed by atoms with E-state index in [1.165, 1.54) is 23.1 Å². The normalized spacial score (nSPS) is 15.3. The molecule has 0 spiro atoms. The topological polar surface area (TPSA) is 207 Å². The smallest absolute Gasteiger partial charge is 0.297 e. The number of hydrogen-bond acceptors (Lipinski definition) is 18. The van der Waals surface area contributed by atoms with Crippen LogP contribution in [0.25, 0.3) is 0 Å². The number of azo groups is 2. The molecule has 2 aliphatic carbocycles. The maximum Gasteiger partial charge on any atom is 0.297 e. The highest BCUT2D eigenvalue weighted by molar-refractivity contribution is 7.98. The summed E-state index contributed by atoms with van der Waals surface area (Å²) < 4.78 is 36.3. The van der Waals surface area contributed by atoms with Gasteiger partial charge >= 0.3 is 0 Å². The molecular weight excluding hydrogens is 963 g/mol. The predicted octanol–water partition coefficient (Wildman–Crippen LogP) is 13.9. The fourth-order valence-corrected chi connectivity index (χ4v) is 12.8. The highest BCUT2D eigenvalue weighted by Gasteiger charge is 2.39. The molecule has 20 heteroatoms. The summed E-state index contributed by atoms with van der Waals surface area (Å²) in [5.41, 5.74) is 5.45. The van der Waals surface area contributed by atoms with Gasteiger partial charge < -0.3 is 20.4 Å². The molecule has 0 fully saturated rings. The summed E-state index contributed by atoms with van der Waals surface area (Å²) in [6.07, 6.45) is 1.81. The van der Waals surface area contributed by atoms with Crippen LogP contribution in [0.3, 0.4) is 0 Å². The largest absolute Gasteiger partial charge is 0.372 e. The van der Waals surface area contributed by atoms with E-state index in [2.05, 4.69) is 77.3 Å². The number of Topliss-reactive ketones (excluding diaryl/α,β-unsaturated/α-hetero) is 2. The molecule has 2 aliphatic rings. The van der Waals surface area contributed by atoms with Crippen molar-refractivity contribution in [3.8, 4) is 0 Å². The molecule has 3 N–H and O–H groups in total. The molecule has 0 atom stereocenters. The van der Waals surface area contributed by atoms with E-state index >= 15 is 0 Å². The number of fused-ring (bicyclic) bond motifs is 2. The van der Waals surface area contributed by atoms with E-state index in [1.807, 2.05) is 80.6 Å². The first-order chi connectivity index (χ1) is 33.3. The molecule has 366 valence electrons. The van der Waals surface area contributed by atoms with Crippen LogP contribution in [0.4, 0.5) is 56.0 Å². The molecule has 0 saturated heterocycles. The fraction of sp³-hybridized carbons (Fsp3) is 0.380. The number of thiophene rings is 2. The van der Waals surface area contributed by atoms with Crippen LogP contribution >= 0.6 is 34.4 Å². The van der Waals surface area contributed by atoms with Crippen LogP contribution < -0.4 is 20.4 Å². The van der Waals surface area contributed by atoms with Gasteiger partial charge in [-0.15, -0.1) is 43.1 Å². The Labute approximate surface area is 421 Å². The number of anilines is 6. The van der Waals surface area contributed by atoms with E-state index in [-0.39, 0.29) is 57.2 Å². The van der Waals surface area contributed by atoms with Gasteiger partial charge in [-0.05, 0) is 111 Å². The number of nitrogens with one attached hydrogen (secondary N) is 2. The number of carbonyl (C=O) groups excluding carboxylic acids is 2. The van der Waals surface area contributed by atoms with Crippen LogP contribution in [-0.2, 0) is 28.7 Å². The van der Waals surface area contributed by atoms with Gasteiger partial charge in [-0.25, -0.2) is 0 Å². The third kappa shape index (κ3) is 11.6. The molecule has 3 aromatic carbocycles. The molecule has 0 saturated carbocycles. The molecule has 3 heterocycles.